The van der Waals surface area contributed by atoms with E-state index in [-0.39, 0.29) is 24.1 Å². The van der Waals surface area contributed by atoms with E-state index < -0.39 is 0 Å². The van der Waals surface area contributed by atoms with E-state index in [2.05, 4.69) is 20.6 Å². The van der Waals surface area contributed by atoms with Crippen LogP contribution in [-0.4, -0.2) is 34.6 Å². The molecule has 7 nitrogen and oxygen atoms in total. The molecule has 3 heterocycles. The molecule has 0 bridgehead atoms. The quantitative estimate of drug-likeness (QED) is 0.833. The van der Waals surface area contributed by atoms with Crippen LogP contribution in [0.5, 0.6) is 0 Å². The summed E-state index contributed by atoms with van der Waals surface area (Å²) in [4.78, 5) is 29.0. The molecule has 25 heavy (non-hydrogen) atoms. The molecule has 4 rings (SSSR count). The van der Waals surface area contributed by atoms with E-state index in [1.54, 1.807) is 12.4 Å². The van der Waals surface area contributed by atoms with Crippen LogP contribution in [0.25, 0.3) is 6.08 Å². The lowest BCUT2D eigenvalue weighted by molar-refractivity contribution is -0.127. The SMILES string of the molecule is O=C1C[C@@H](/C=C/c2cncnc2)N1.O=C1N[C@@H](c2ccccc2)CO1. The van der Waals surface area contributed by atoms with Crippen molar-refractivity contribution in [3.8, 4) is 0 Å². The Kier molecular flexibility index (Phi) is 5.36. The summed E-state index contributed by atoms with van der Waals surface area (Å²) in [7, 11) is 0. The monoisotopic (exact) mass is 338 g/mol. The van der Waals surface area contributed by atoms with Gasteiger partial charge in [0.2, 0.25) is 5.91 Å². The molecule has 2 amide bonds. The van der Waals surface area contributed by atoms with Gasteiger partial charge in [-0.25, -0.2) is 14.8 Å². The fraction of sp³-hybridized carbons (Fsp3) is 0.222. The van der Waals surface area contributed by atoms with E-state index in [4.69, 9.17) is 4.74 Å². The van der Waals surface area contributed by atoms with Crippen LogP contribution in [0, 0.1) is 0 Å². The third kappa shape index (κ3) is 4.87. The Morgan fingerprint density at radius 1 is 1.08 bits per heavy atom. The number of nitrogens with one attached hydrogen (secondary N) is 2. The first-order chi connectivity index (χ1) is 12.2. The summed E-state index contributed by atoms with van der Waals surface area (Å²) in [6.45, 7) is 0.433. The highest BCUT2D eigenvalue weighted by Crippen LogP contribution is 2.16. The predicted octanol–water partition coefficient (Wildman–Crippen LogP) is 1.85. The average Bonchev–Trinajstić information content (AvgIpc) is 3.06. The lowest BCUT2D eigenvalue weighted by Gasteiger charge is -2.23. The van der Waals surface area contributed by atoms with Crippen molar-refractivity contribution in [2.24, 2.45) is 0 Å². The molecule has 2 atom stereocenters. The van der Waals surface area contributed by atoms with Crippen LogP contribution < -0.4 is 10.6 Å². The van der Waals surface area contributed by atoms with Crippen LogP contribution in [0.15, 0.2) is 55.1 Å². The number of nitrogens with zero attached hydrogens (tertiary/aromatic N) is 2. The van der Waals surface area contributed by atoms with Gasteiger partial charge < -0.3 is 15.4 Å². The Morgan fingerprint density at radius 2 is 1.80 bits per heavy atom. The van der Waals surface area contributed by atoms with E-state index in [0.29, 0.717) is 13.0 Å². The second kappa shape index (κ2) is 8.05. The Labute approximate surface area is 145 Å². The minimum atomic E-state index is -0.330. The van der Waals surface area contributed by atoms with Crippen molar-refractivity contribution in [1.82, 2.24) is 20.6 Å². The summed E-state index contributed by atoms with van der Waals surface area (Å²) in [5.74, 6) is 0.110. The van der Waals surface area contributed by atoms with Crippen LogP contribution in [0.1, 0.15) is 23.6 Å². The van der Waals surface area contributed by atoms with E-state index >= 15 is 0 Å². The maximum atomic E-state index is 10.7. The second-order valence-electron chi connectivity index (χ2n) is 5.62. The lowest BCUT2D eigenvalue weighted by atomic mass is 10.1. The number of ether oxygens (including phenoxy) is 1. The maximum absolute atomic E-state index is 10.7. The van der Waals surface area contributed by atoms with Crippen molar-refractivity contribution in [3.63, 3.8) is 0 Å². The van der Waals surface area contributed by atoms with Gasteiger partial charge in [0.25, 0.3) is 0 Å². The van der Waals surface area contributed by atoms with Gasteiger partial charge in [-0.1, -0.05) is 42.5 Å². The van der Waals surface area contributed by atoms with Gasteiger partial charge in [-0.15, -0.1) is 0 Å². The summed E-state index contributed by atoms with van der Waals surface area (Å²) in [6.07, 6.45) is 9.05. The molecule has 0 radical (unpaired) electrons. The zero-order chi connectivity index (χ0) is 17.5. The van der Waals surface area contributed by atoms with Gasteiger partial charge in [-0.2, -0.15) is 0 Å². The molecule has 2 N–H and O–H groups in total. The molecule has 2 saturated heterocycles. The standard InChI is InChI=1S/C9H9N3O.C9H9NO2/c13-9-3-8(12-9)2-1-7-4-10-6-11-5-7;11-9-10-8(6-12-9)7-4-2-1-3-5-7/h1-2,4-6,8H,3H2,(H,12,13);1-5,8H,6H2,(H,10,11)/b2-1+;/t2*8-/m11/s1. The Bertz CT molecular complexity index is 741. The van der Waals surface area contributed by atoms with Gasteiger partial charge in [0.05, 0.1) is 18.5 Å². The number of β-lactam (4-membered cyclic amide) rings is 1. The zero-order valence-corrected chi connectivity index (χ0v) is 13.5. The van der Waals surface area contributed by atoms with Gasteiger partial charge in [0.1, 0.15) is 12.9 Å². The first-order valence-electron chi connectivity index (χ1n) is 7.91. The Morgan fingerprint density at radius 3 is 2.40 bits per heavy atom. The summed E-state index contributed by atoms with van der Waals surface area (Å²) in [5.41, 5.74) is 2.03. The molecule has 2 aromatic rings. The van der Waals surface area contributed by atoms with Crippen molar-refractivity contribution in [2.45, 2.75) is 18.5 Å². The normalized spacial score (nSPS) is 21.4. The van der Waals surface area contributed by atoms with E-state index in [0.717, 1.165) is 11.1 Å². The fourth-order valence-corrected chi connectivity index (χ4v) is 2.38. The van der Waals surface area contributed by atoms with E-state index in [9.17, 15) is 9.59 Å². The van der Waals surface area contributed by atoms with Crippen LogP contribution in [-0.2, 0) is 9.53 Å². The predicted molar refractivity (Wildman–Crippen MR) is 91.3 cm³/mol. The fourth-order valence-electron chi connectivity index (χ4n) is 2.38. The molecule has 1 aromatic carbocycles. The summed E-state index contributed by atoms with van der Waals surface area (Å²) in [5, 5.41) is 5.46. The maximum Gasteiger partial charge on any atom is 0.407 e. The van der Waals surface area contributed by atoms with Crippen LogP contribution in [0.3, 0.4) is 0 Å². The number of amides is 2. The van der Waals surface area contributed by atoms with Gasteiger partial charge in [0, 0.05) is 18.0 Å². The molecule has 7 heteroatoms. The minimum Gasteiger partial charge on any atom is -0.447 e. The number of hydrogen-bond acceptors (Lipinski definition) is 5. The van der Waals surface area contributed by atoms with E-state index in [1.807, 2.05) is 42.5 Å². The molecule has 2 fully saturated rings. The molecule has 1 aromatic heterocycles. The van der Waals surface area contributed by atoms with Crippen LogP contribution in [0.2, 0.25) is 0 Å². The third-order valence-corrected chi connectivity index (χ3v) is 3.73. The number of carbonyl (C=O) groups excluding carboxylic acids is 2. The van der Waals surface area contributed by atoms with Gasteiger partial charge in [-0.05, 0) is 5.56 Å². The zero-order valence-electron chi connectivity index (χ0n) is 13.5. The smallest absolute Gasteiger partial charge is 0.407 e. The highest BCUT2D eigenvalue weighted by Gasteiger charge is 2.23. The molecule has 0 aliphatic carbocycles. The molecule has 0 spiro atoms. The van der Waals surface area contributed by atoms with Crippen molar-refractivity contribution in [1.29, 1.82) is 0 Å². The van der Waals surface area contributed by atoms with Gasteiger partial charge >= 0.3 is 6.09 Å². The number of cyclic esters (lactones) is 1. The van der Waals surface area contributed by atoms with Crippen molar-refractivity contribution >= 4 is 18.1 Å². The van der Waals surface area contributed by atoms with Gasteiger partial charge in [0.15, 0.2) is 0 Å². The van der Waals surface area contributed by atoms with Gasteiger partial charge in [-0.3, -0.25) is 4.79 Å². The number of aromatic nitrogens is 2. The first kappa shape index (κ1) is 16.6. The molecule has 2 aliphatic rings. The van der Waals surface area contributed by atoms with Crippen molar-refractivity contribution < 1.29 is 14.3 Å². The Hall–Kier alpha value is -3.22. The summed E-state index contributed by atoms with van der Waals surface area (Å²) < 4.78 is 4.77. The molecule has 0 saturated carbocycles. The highest BCUT2D eigenvalue weighted by molar-refractivity contribution is 5.84. The molecular formula is C18H18N4O3. The molecular weight excluding hydrogens is 320 g/mol. The lowest BCUT2D eigenvalue weighted by Crippen LogP contribution is -2.46. The molecule has 0 unspecified atom stereocenters. The van der Waals surface area contributed by atoms with Crippen LogP contribution >= 0.6 is 0 Å². The number of hydrogen-bond donors (Lipinski definition) is 2. The molecule has 2 aliphatic heterocycles. The van der Waals surface area contributed by atoms with Crippen LogP contribution in [0.4, 0.5) is 4.79 Å². The first-order valence-corrected chi connectivity index (χ1v) is 7.91. The third-order valence-electron chi connectivity index (χ3n) is 3.73. The second-order valence-corrected chi connectivity index (χ2v) is 5.62. The average molecular weight is 338 g/mol. The number of alkyl carbamates (subject to hydrolysis) is 1. The number of rotatable bonds is 3. The number of benzene rings is 1. The van der Waals surface area contributed by atoms with E-state index in [1.165, 1.54) is 6.33 Å². The summed E-state index contributed by atoms with van der Waals surface area (Å²) >= 11 is 0. The molecule has 128 valence electrons. The van der Waals surface area contributed by atoms with Crippen molar-refractivity contribution in [3.05, 3.63) is 66.3 Å². The largest absolute Gasteiger partial charge is 0.447 e. The minimum absolute atomic E-state index is 0.0266. The van der Waals surface area contributed by atoms with Crippen molar-refractivity contribution in [2.75, 3.05) is 6.61 Å². The topological polar surface area (TPSA) is 93.2 Å². The number of carbonyl (C=O) groups is 2. The summed E-state index contributed by atoms with van der Waals surface area (Å²) in [6, 6.07) is 9.99. The Balaban J connectivity index is 0.000000146. The highest BCUT2D eigenvalue weighted by atomic mass is 16.6.